The molecule has 1 aliphatic heterocycles. The molecule has 1 aromatic rings. The van der Waals surface area contributed by atoms with Gasteiger partial charge in [-0.15, -0.1) is 0 Å². The summed E-state index contributed by atoms with van der Waals surface area (Å²) in [6.07, 6.45) is 19.1. The lowest BCUT2D eigenvalue weighted by atomic mass is 10.0. The van der Waals surface area contributed by atoms with Gasteiger partial charge in [0.25, 0.3) is 0 Å². The lowest BCUT2D eigenvalue weighted by molar-refractivity contribution is 0.225. The highest BCUT2D eigenvalue weighted by atomic mass is 16.3. The first-order valence-corrected chi connectivity index (χ1v) is 8.89. The molecule has 2 N–H and O–H groups in total. The van der Waals surface area contributed by atoms with Gasteiger partial charge in [0, 0.05) is 28.8 Å². The number of rotatable bonds is 5. The molecule has 0 fully saturated rings. The normalized spacial score (nSPS) is 19.9. The summed E-state index contributed by atoms with van der Waals surface area (Å²) >= 11 is 0. The van der Waals surface area contributed by atoms with Gasteiger partial charge in [-0.2, -0.15) is 0 Å². The van der Waals surface area contributed by atoms with Crippen LogP contribution in [0.4, 0.5) is 5.69 Å². The molecule has 0 spiro atoms. The van der Waals surface area contributed by atoms with Crippen LogP contribution in [0.25, 0.3) is 0 Å². The van der Waals surface area contributed by atoms with Crippen LogP contribution in [-0.4, -0.2) is 10.1 Å². The molecule has 2 heterocycles. The van der Waals surface area contributed by atoms with Crippen LogP contribution < -0.4 is 10.2 Å². The van der Waals surface area contributed by atoms with Crippen LogP contribution in [0, 0.1) is 6.92 Å². The second-order valence-electron chi connectivity index (χ2n) is 6.31. The van der Waals surface area contributed by atoms with Gasteiger partial charge in [0.15, 0.2) is 0 Å². The fourth-order valence-corrected chi connectivity index (χ4v) is 3.15. The monoisotopic (exact) mass is 347 g/mol. The predicted molar refractivity (Wildman–Crippen MR) is 107 cm³/mol. The average molecular weight is 347 g/mol. The Balaban J connectivity index is 2.11. The van der Waals surface area contributed by atoms with Crippen molar-refractivity contribution in [1.29, 1.82) is 0 Å². The summed E-state index contributed by atoms with van der Waals surface area (Å²) < 4.78 is 0. The molecule has 1 unspecified atom stereocenters. The molecule has 0 bridgehead atoms. The number of aliphatic hydroxyl groups excluding tert-OH is 1. The van der Waals surface area contributed by atoms with Gasteiger partial charge < -0.3 is 10.4 Å². The minimum Gasteiger partial charge on any atom is -0.384 e. The number of nitrogens with one attached hydrogen (secondary N) is 1. The molecular formula is C22H25N3O. The van der Waals surface area contributed by atoms with Gasteiger partial charge in [0.1, 0.15) is 11.9 Å². The second-order valence-corrected chi connectivity index (χ2v) is 6.31. The minimum atomic E-state index is -0.708. The molecule has 26 heavy (non-hydrogen) atoms. The summed E-state index contributed by atoms with van der Waals surface area (Å²) in [5.74, 6) is 0.819. The average Bonchev–Trinajstić information content (AvgIpc) is 2.62. The highest BCUT2D eigenvalue weighted by molar-refractivity contribution is 5.68. The maximum atomic E-state index is 10.6. The first-order valence-electron chi connectivity index (χ1n) is 8.89. The van der Waals surface area contributed by atoms with Crippen molar-refractivity contribution in [2.45, 2.75) is 32.8 Å². The van der Waals surface area contributed by atoms with Crippen molar-refractivity contribution in [2.24, 2.45) is 0 Å². The molecule has 0 saturated heterocycles. The Kier molecular flexibility index (Phi) is 5.54. The third kappa shape index (κ3) is 3.70. The molecule has 4 heteroatoms. The Hall–Kier alpha value is -2.85. The third-order valence-electron chi connectivity index (χ3n) is 4.32. The second kappa shape index (κ2) is 8.02. The Morgan fingerprint density at radius 1 is 1.42 bits per heavy atom. The van der Waals surface area contributed by atoms with Crippen molar-refractivity contribution in [2.75, 3.05) is 4.90 Å². The number of aliphatic hydroxyl groups is 1. The zero-order valence-corrected chi connectivity index (χ0v) is 15.3. The van der Waals surface area contributed by atoms with Crippen molar-refractivity contribution in [3.05, 3.63) is 95.9 Å². The molecule has 134 valence electrons. The van der Waals surface area contributed by atoms with Gasteiger partial charge >= 0.3 is 0 Å². The number of fused-ring (bicyclic) bond motifs is 1. The maximum absolute atomic E-state index is 10.6. The van der Waals surface area contributed by atoms with E-state index < -0.39 is 6.10 Å². The molecule has 1 aromatic heterocycles. The summed E-state index contributed by atoms with van der Waals surface area (Å²) in [5, 5.41) is 14.1. The van der Waals surface area contributed by atoms with Gasteiger partial charge in [-0.1, -0.05) is 30.9 Å². The molecule has 0 saturated carbocycles. The number of anilines is 1. The van der Waals surface area contributed by atoms with Crippen molar-refractivity contribution in [1.82, 2.24) is 10.3 Å². The van der Waals surface area contributed by atoms with Crippen LogP contribution in [0.1, 0.15) is 37.1 Å². The standard InChI is InChI=1S/C22H25N3O/c1-4-9-18(10-5-2)25-20-13-16(3)23-15-19(20)21(26)14-22(25)24-17-11-7-6-8-12-17/h4-5,7,9-15,21,24,26H,1,6,8H2,2-3H3/b10-5-,18-9+. The number of aromatic nitrogens is 1. The number of allylic oxidation sites excluding steroid dienone is 7. The summed E-state index contributed by atoms with van der Waals surface area (Å²) in [4.78, 5) is 6.45. The van der Waals surface area contributed by atoms with Gasteiger partial charge in [0.05, 0.1) is 5.69 Å². The molecule has 0 amide bonds. The fourth-order valence-electron chi connectivity index (χ4n) is 3.15. The number of hydrogen-bond donors (Lipinski definition) is 2. The molecule has 0 radical (unpaired) electrons. The molecule has 2 aliphatic rings. The first kappa shape index (κ1) is 18.0. The van der Waals surface area contributed by atoms with Crippen molar-refractivity contribution in [3.8, 4) is 0 Å². The highest BCUT2D eigenvalue weighted by Crippen LogP contribution is 2.37. The van der Waals surface area contributed by atoms with Crippen molar-refractivity contribution in [3.63, 3.8) is 0 Å². The lowest BCUT2D eigenvalue weighted by Crippen LogP contribution is -2.34. The summed E-state index contributed by atoms with van der Waals surface area (Å²) in [7, 11) is 0. The van der Waals surface area contributed by atoms with E-state index in [-0.39, 0.29) is 0 Å². The van der Waals surface area contributed by atoms with E-state index >= 15 is 0 Å². The quantitative estimate of drug-likeness (QED) is 0.767. The number of pyridine rings is 1. The number of hydrogen-bond acceptors (Lipinski definition) is 4. The van der Waals surface area contributed by atoms with Crippen LogP contribution >= 0.6 is 0 Å². The zero-order chi connectivity index (χ0) is 18.5. The third-order valence-corrected chi connectivity index (χ3v) is 4.32. The van der Waals surface area contributed by atoms with Gasteiger partial charge in [-0.3, -0.25) is 9.88 Å². The summed E-state index contributed by atoms with van der Waals surface area (Å²) in [6.45, 7) is 7.78. The Labute approximate surface area is 155 Å². The van der Waals surface area contributed by atoms with Crippen LogP contribution in [0.2, 0.25) is 0 Å². The van der Waals surface area contributed by atoms with Crippen LogP contribution in [0.3, 0.4) is 0 Å². The van der Waals surface area contributed by atoms with Gasteiger partial charge in [-0.25, -0.2) is 0 Å². The molecular weight excluding hydrogens is 322 g/mol. The maximum Gasteiger partial charge on any atom is 0.114 e. The Morgan fingerprint density at radius 3 is 2.96 bits per heavy atom. The molecule has 1 atom stereocenters. The summed E-state index contributed by atoms with van der Waals surface area (Å²) in [6, 6.07) is 2.00. The Bertz CT molecular complexity index is 843. The van der Waals surface area contributed by atoms with E-state index in [1.54, 1.807) is 12.3 Å². The largest absolute Gasteiger partial charge is 0.384 e. The smallest absolute Gasteiger partial charge is 0.114 e. The van der Waals surface area contributed by atoms with Crippen LogP contribution in [0.15, 0.2) is 84.7 Å². The van der Waals surface area contributed by atoms with Crippen molar-refractivity contribution < 1.29 is 5.11 Å². The van der Waals surface area contributed by atoms with Gasteiger partial charge in [-0.05, 0) is 57.1 Å². The predicted octanol–water partition coefficient (Wildman–Crippen LogP) is 4.55. The van der Waals surface area contributed by atoms with Crippen molar-refractivity contribution >= 4 is 5.69 Å². The molecule has 0 aromatic carbocycles. The highest BCUT2D eigenvalue weighted by Gasteiger charge is 2.27. The zero-order valence-electron chi connectivity index (χ0n) is 15.3. The fraction of sp³-hybridized carbons (Fsp3) is 0.227. The SMILES string of the molecule is C=C/C=C(\C=C/C)N1C(NC2=CCCC=C2)=CC(O)c2cnc(C)cc21. The van der Waals surface area contributed by atoms with E-state index in [0.717, 1.165) is 47.0 Å². The molecule has 1 aliphatic carbocycles. The van der Waals surface area contributed by atoms with E-state index in [4.69, 9.17) is 0 Å². The van der Waals surface area contributed by atoms with E-state index in [9.17, 15) is 5.11 Å². The topological polar surface area (TPSA) is 48.4 Å². The van der Waals surface area contributed by atoms with E-state index in [2.05, 4.69) is 40.0 Å². The number of nitrogens with zero attached hydrogens (tertiary/aromatic N) is 2. The van der Waals surface area contributed by atoms with Gasteiger partial charge in [0.2, 0.25) is 0 Å². The van der Waals surface area contributed by atoms with Crippen LogP contribution in [0.5, 0.6) is 0 Å². The summed E-state index contributed by atoms with van der Waals surface area (Å²) in [5.41, 5.74) is 4.60. The van der Waals surface area contributed by atoms with E-state index in [1.165, 1.54) is 0 Å². The minimum absolute atomic E-state index is 0.708. The Morgan fingerprint density at radius 2 is 2.27 bits per heavy atom. The van der Waals surface area contributed by atoms with E-state index in [0.29, 0.717) is 0 Å². The molecule has 3 rings (SSSR count). The lowest BCUT2D eigenvalue weighted by Gasteiger charge is -2.35. The number of aryl methyl sites for hydroxylation is 1. The van der Waals surface area contributed by atoms with E-state index in [1.807, 2.05) is 44.2 Å². The first-order chi connectivity index (χ1) is 12.6. The van der Waals surface area contributed by atoms with Crippen LogP contribution in [-0.2, 0) is 0 Å². The molecule has 4 nitrogen and oxygen atoms in total.